The Labute approximate surface area is 101 Å². The van der Waals surface area contributed by atoms with E-state index in [0.717, 1.165) is 0 Å². The Balaban J connectivity index is 1.90. The minimum absolute atomic E-state index is 0.0411. The maximum Gasteiger partial charge on any atom is 0.310 e. The van der Waals surface area contributed by atoms with Crippen LogP contribution in [0.15, 0.2) is 24.3 Å². The molecular weight excluding hydrogens is 212 g/mol. The summed E-state index contributed by atoms with van der Waals surface area (Å²) in [6.07, 6.45) is 4.30. The van der Waals surface area contributed by atoms with Gasteiger partial charge in [0.2, 0.25) is 0 Å². The van der Waals surface area contributed by atoms with E-state index >= 15 is 0 Å². The zero-order valence-corrected chi connectivity index (χ0v) is 10.1. The van der Waals surface area contributed by atoms with Crippen molar-refractivity contribution in [2.75, 3.05) is 6.61 Å². The lowest BCUT2D eigenvalue weighted by Gasteiger charge is -2.09. The Morgan fingerprint density at radius 1 is 1.41 bits per heavy atom. The van der Waals surface area contributed by atoms with Crippen LogP contribution in [0.1, 0.15) is 29.5 Å². The van der Waals surface area contributed by atoms with Gasteiger partial charge < -0.3 is 4.74 Å². The third-order valence-electron chi connectivity index (χ3n) is 3.73. The van der Waals surface area contributed by atoms with Gasteiger partial charge in [0.1, 0.15) is 0 Å². The van der Waals surface area contributed by atoms with Gasteiger partial charge in [-0.05, 0) is 30.9 Å². The van der Waals surface area contributed by atoms with E-state index in [1.807, 2.05) is 6.92 Å². The fourth-order valence-corrected chi connectivity index (χ4v) is 2.87. The molecule has 0 radical (unpaired) electrons. The lowest BCUT2D eigenvalue weighted by atomic mass is 9.95. The van der Waals surface area contributed by atoms with Gasteiger partial charge in [0.25, 0.3) is 0 Å². The summed E-state index contributed by atoms with van der Waals surface area (Å²) in [5.74, 6) is 0.731. The minimum Gasteiger partial charge on any atom is -0.466 e. The predicted octanol–water partition coefficient (Wildman–Crippen LogP) is 2.91. The fourth-order valence-electron chi connectivity index (χ4n) is 2.87. The number of fused-ring (bicyclic) bond motifs is 3. The Kier molecular flexibility index (Phi) is 2.32. The molecular formula is C15H16O2. The molecule has 1 saturated carbocycles. The normalized spacial score (nSPS) is 28.2. The van der Waals surface area contributed by atoms with Gasteiger partial charge in [0.05, 0.1) is 12.5 Å². The average Bonchev–Trinajstić information content (AvgIpc) is 3.03. The number of benzene rings is 1. The van der Waals surface area contributed by atoms with E-state index in [9.17, 15) is 4.79 Å². The Morgan fingerprint density at radius 3 is 3.00 bits per heavy atom. The van der Waals surface area contributed by atoms with Crippen molar-refractivity contribution in [3.63, 3.8) is 0 Å². The van der Waals surface area contributed by atoms with Crippen LogP contribution in [0.4, 0.5) is 0 Å². The highest BCUT2D eigenvalue weighted by Crippen LogP contribution is 2.58. The molecule has 1 aromatic carbocycles. The van der Waals surface area contributed by atoms with Crippen molar-refractivity contribution in [3.8, 4) is 0 Å². The molecule has 0 aromatic heterocycles. The van der Waals surface area contributed by atoms with E-state index in [1.54, 1.807) is 0 Å². The van der Waals surface area contributed by atoms with Crippen molar-refractivity contribution in [2.24, 2.45) is 11.8 Å². The lowest BCUT2D eigenvalue weighted by molar-refractivity contribution is -0.145. The first-order valence-corrected chi connectivity index (χ1v) is 6.17. The molecule has 1 fully saturated rings. The number of aryl methyl sites for hydroxylation is 1. The van der Waals surface area contributed by atoms with E-state index in [1.165, 1.54) is 16.7 Å². The number of rotatable bonds is 2. The molecule has 1 aromatic rings. The second-order valence-corrected chi connectivity index (χ2v) is 4.87. The van der Waals surface area contributed by atoms with Crippen molar-refractivity contribution < 1.29 is 9.53 Å². The summed E-state index contributed by atoms with van der Waals surface area (Å²) < 4.78 is 5.12. The summed E-state index contributed by atoms with van der Waals surface area (Å²) in [7, 11) is 0. The summed E-state index contributed by atoms with van der Waals surface area (Å²) in [4.78, 5) is 11.8. The second kappa shape index (κ2) is 3.73. The SMILES string of the molecule is CCOC(=O)C1C2C=Cc3cc(C)ccc3C21. The van der Waals surface area contributed by atoms with Gasteiger partial charge in [-0.25, -0.2) is 0 Å². The number of carbonyl (C=O) groups is 1. The van der Waals surface area contributed by atoms with E-state index < -0.39 is 0 Å². The number of carbonyl (C=O) groups excluding carboxylic acids is 1. The van der Waals surface area contributed by atoms with Gasteiger partial charge in [0.15, 0.2) is 0 Å². The van der Waals surface area contributed by atoms with E-state index in [4.69, 9.17) is 4.74 Å². The Hall–Kier alpha value is -1.57. The van der Waals surface area contributed by atoms with E-state index in [-0.39, 0.29) is 11.9 Å². The molecule has 0 saturated heterocycles. The molecule has 0 N–H and O–H groups in total. The molecule has 3 unspecified atom stereocenters. The summed E-state index contributed by atoms with van der Waals surface area (Å²) >= 11 is 0. The second-order valence-electron chi connectivity index (χ2n) is 4.87. The molecule has 3 atom stereocenters. The topological polar surface area (TPSA) is 26.3 Å². The standard InChI is InChI=1S/C15H16O2/c1-3-17-15(16)14-12-7-5-10-8-9(2)4-6-11(10)13(12)14/h4-8,12-14H,3H2,1-2H3. The highest BCUT2D eigenvalue weighted by Gasteiger charge is 2.56. The van der Waals surface area contributed by atoms with Crippen molar-refractivity contribution in [2.45, 2.75) is 19.8 Å². The zero-order valence-electron chi connectivity index (χ0n) is 10.1. The molecule has 0 amide bonds. The molecule has 88 valence electrons. The molecule has 2 heteroatoms. The van der Waals surface area contributed by atoms with Gasteiger partial charge in [-0.2, -0.15) is 0 Å². The van der Waals surface area contributed by atoms with Crippen LogP contribution in [0.5, 0.6) is 0 Å². The quantitative estimate of drug-likeness (QED) is 0.727. The van der Waals surface area contributed by atoms with Gasteiger partial charge in [0, 0.05) is 5.92 Å². The average molecular weight is 228 g/mol. The zero-order chi connectivity index (χ0) is 12.0. The molecule has 17 heavy (non-hydrogen) atoms. The van der Waals surface area contributed by atoms with Crippen LogP contribution in [-0.4, -0.2) is 12.6 Å². The first-order chi connectivity index (χ1) is 8.22. The summed E-state index contributed by atoms with van der Waals surface area (Å²) in [5, 5.41) is 0. The van der Waals surface area contributed by atoms with Crippen LogP contribution < -0.4 is 0 Å². The number of allylic oxidation sites excluding steroid dienone is 1. The molecule has 0 bridgehead atoms. The molecule has 0 spiro atoms. The Morgan fingerprint density at radius 2 is 2.24 bits per heavy atom. The van der Waals surface area contributed by atoms with Gasteiger partial charge in [-0.3, -0.25) is 4.79 Å². The molecule has 0 aliphatic heterocycles. The number of hydrogen-bond acceptors (Lipinski definition) is 2. The molecule has 2 nitrogen and oxygen atoms in total. The monoisotopic (exact) mass is 228 g/mol. The van der Waals surface area contributed by atoms with Gasteiger partial charge in [-0.1, -0.05) is 35.9 Å². The van der Waals surface area contributed by atoms with Crippen LogP contribution in [0.3, 0.4) is 0 Å². The summed E-state index contributed by atoms with van der Waals surface area (Å²) in [6, 6.07) is 6.46. The maximum absolute atomic E-state index is 11.8. The summed E-state index contributed by atoms with van der Waals surface area (Å²) in [6.45, 7) is 4.42. The summed E-state index contributed by atoms with van der Waals surface area (Å²) in [5.41, 5.74) is 3.83. The first-order valence-electron chi connectivity index (χ1n) is 6.17. The third-order valence-corrected chi connectivity index (χ3v) is 3.73. The molecule has 0 heterocycles. The maximum atomic E-state index is 11.8. The highest BCUT2D eigenvalue weighted by molar-refractivity contribution is 5.81. The first kappa shape index (κ1) is 10.6. The van der Waals surface area contributed by atoms with Gasteiger partial charge >= 0.3 is 5.97 Å². The third kappa shape index (κ3) is 1.59. The van der Waals surface area contributed by atoms with Gasteiger partial charge in [-0.15, -0.1) is 0 Å². The molecule has 3 rings (SSSR count). The highest BCUT2D eigenvalue weighted by atomic mass is 16.5. The Bertz CT molecular complexity index is 502. The van der Waals surface area contributed by atoms with Crippen molar-refractivity contribution in [1.82, 2.24) is 0 Å². The number of hydrogen-bond donors (Lipinski definition) is 0. The lowest BCUT2D eigenvalue weighted by Crippen LogP contribution is -2.08. The number of esters is 1. The van der Waals surface area contributed by atoms with Crippen molar-refractivity contribution >= 4 is 12.0 Å². The van der Waals surface area contributed by atoms with Crippen LogP contribution in [0, 0.1) is 18.8 Å². The molecule has 2 aliphatic rings. The van der Waals surface area contributed by atoms with E-state index in [0.29, 0.717) is 18.4 Å². The fraction of sp³-hybridized carbons (Fsp3) is 0.400. The predicted molar refractivity (Wildman–Crippen MR) is 66.6 cm³/mol. The largest absolute Gasteiger partial charge is 0.466 e. The molecule has 2 aliphatic carbocycles. The van der Waals surface area contributed by atoms with Crippen LogP contribution in [-0.2, 0) is 9.53 Å². The van der Waals surface area contributed by atoms with Crippen molar-refractivity contribution in [1.29, 1.82) is 0 Å². The van der Waals surface area contributed by atoms with E-state index in [2.05, 4.69) is 37.3 Å². The van der Waals surface area contributed by atoms with Crippen LogP contribution in [0.25, 0.3) is 6.08 Å². The minimum atomic E-state index is -0.0411. The smallest absolute Gasteiger partial charge is 0.310 e. The number of ether oxygens (including phenoxy) is 1. The van der Waals surface area contributed by atoms with Crippen molar-refractivity contribution in [3.05, 3.63) is 41.0 Å². The van der Waals surface area contributed by atoms with Crippen LogP contribution in [0.2, 0.25) is 0 Å². The van der Waals surface area contributed by atoms with Crippen LogP contribution >= 0.6 is 0 Å².